The van der Waals surface area contributed by atoms with E-state index in [2.05, 4.69) is 19.1 Å². The van der Waals surface area contributed by atoms with Crippen molar-refractivity contribution in [1.29, 1.82) is 0 Å². The molecule has 0 aromatic carbocycles. The van der Waals surface area contributed by atoms with Crippen LogP contribution < -0.4 is 0 Å². The summed E-state index contributed by atoms with van der Waals surface area (Å²) in [4.78, 5) is 10.4. The third-order valence-electron chi connectivity index (χ3n) is 3.74. The van der Waals surface area contributed by atoms with E-state index < -0.39 is 24.3 Å². The average molecular weight is 379 g/mol. The smallest absolute Gasteiger partial charge is 0.303 e. The third kappa shape index (κ3) is 17.2. The zero-order valence-electron chi connectivity index (χ0n) is 16.2. The van der Waals surface area contributed by atoms with Crippen LogP contribution in [0.5, 0.6) is 0 Å². The molecule has 3 unspecified atom stereocenters. The maximum Gasteiger partial charge on any atom is 0.303 e. The monoisotopic (exact) mass is 378 g/mol. The number of hydrogen-bond acceptors (Lipinski definition) is 4. The molecule has 0 rings (SSSR count). The van der Waals surface area contributed by atoms with Crippen molar-refractivity contribution in [2.75, 3.05) is 0 Å². The van der Waals surface area contributed by atoms with Crippen LogP contribution in [0.2, 0.25) is 0 Å². The summed E-state index contributed by atoms with van der Waals surface area (Å²) in [7, 11) is 0. The van der Waals surface area contributed by atoms with Crippen LogP contribution in [0.25, 0.3) is 0 Å². The SMILES string of the molecule is CCC=CCC=CC=CC(O)C=CC=CC(O)C(O)CCCCCC(=O)O. The summed E-state index contributed by atoms with van der Waals surface area (Å²) >= 11 is 0. The Kier molecular flexibility index (Phi) is 16.2. The van der Waals surface area contributed by atoms with Gasteiger partial charge in [-0.2, -0.15) is 0 Å². The molecular formula is C22H34O5. The Labute approximate surface area is 162 Å². The molecule has 0 aliphatic rings. The highest BCUT2D eigenvalue weighted by Gasteiger charge is 2.12. The molecule has 0 aromatic heterocycles. The second kappa shape index (κ2) is 17.5. The van der Waals surface area contributed by atoms with Gasteiger partial charge in [0.25, 0.3) is 0 Å². The summed E-state index contributed by atoms with van der Waals surface area (Å²) in [5.41, 5.74) is 0. The summed E-state index contributed by atoms with van der Waals surface area (Å²) in [6, 6.07) is 0. The van der Waals surface area contributed by atoms with Crippen molar-refractivity contribution in [2.24, 2.45) is 0 Å². The van der Waals surface area contributed by atoms with Gasteiger partial charge in [-0.25, -0.2) is 0 Å². The molecule has 0 radical (unpaired) electrons. The highest BCUT2D eigenvalue weighted by atomic mass is 16.4. The number of hydrogen-bond donors (Lipinski definition) is 4. The normalized spacial score (nSPS) is 16.3. The van der Waals surface area contributed by atoms with E-state index in [9.17, 15) is 20.1 Å². The van der Waals surface area contributed by atoms with Gasteiger partial charge >= 0.3 is 5.97 Å². The molecule has 0 fully saturated rings. The van der Waals surface area contributed by atoms with Crippen molar-refractivity contribution in [3.8, 4) is 0 Å². The van der Waals surface area contributed by atoms with Gasteiger partial charge in [0, 0.05) is 6.42 Å². The van der Waals surface area contributed by atoms with Crippen molar-refractivity contribution in [3.63, 3.8) is 0 Å². The van der Waals surface area contributed by atoms with Crippen LogP contribution >= 0.6 is 0 Å². The second-order valence-electron chi connectivity index (χ2n) is 6.24. The molecule has 5 heteroatoms. The Hall–Kier alpha value is -1.95. The molecule has 4 N–H and O–H groups in total. The van der Waals surface area contributed by atoms with Gasteiger partial charge < -0.3 is 20.4 Å². The lowest BCUT2D eigenvalue weighted by Gasteiger charge is -2.13. The first kappa shape index (κ1) is 25.1. The summed E-state index contributed by atoms with van der Waals surface area (Å²) in [6.07, 6.45) is 19.5. The third-order valence-corrected chi connectivity index (χ3v) is 3.74. The minimum absolute atomic E-state index is 0.131. The molecule has 5 nitrogen and oxygen atoms in total. The largest absolute Gasteiger partial charge is 0.481 e. The lowest BCUT2D eigenvalue weighted by molar-refractivity contribution is -0.137. The Bertz CT molecular complexity index is 517. The maximum atomic E-state index is 10.4. The zero-order valence-corrected chi connectivity index (χ0v) is 16.2. The number of aliphatic hydroxyl groups excluding tert-OH is 3. The van der Waals surface area contributed by atoms with Crippen molar-refractivity contribution in [3.05, 3.63) is 60.8 Å². The molecule has 0 bridgehead atoms. The summed E-state index contributed by atoms with van der Waals surface area (Å²) in [5.74, 6) is -0.817. The summed E-state index contributed by atoms with van der Waals surface area (Å²) < 4.78 is 0. The van der Waals surface area contributed by atoms with Crippen LogP contribution in [0, 0.1) is 0 Å². The Morgan fingerprint density at radius 1 is 0.852 bits per heavy atom. The lowest BCUT2D eigenvalue weighted by atomic mass is 10.0. The van der Waals surface area contributed by atoms with E-state index in [4.69, 9.17) is 5.11 Å². The molecule has 3 atom stereocenters. The Morgan fingerprint density at radius 2 is 1.52 bits per heavy atom. The lowest BCUT2D eigenvalue weighted by Crippen LogP contribution is -2.23. The van der Waals surface area contributed by atoms with Crippen molar-refractivity contribution < 1.29 is 25.2 Å². The van der Waals surface area contributed by atoms with Gasteiger partial charge in [-0.1, -0.05) is 80.5 Å². The number of aliphatic hydroxyl groups is 3. The molecule has 0 aliphatic carbocycles. The first-order valence-corrected chi connectivity index (χ1v) is 9.56. The van der Waals surface area contributed by atoms with E-state index in [1.807, 2.05) is 12.2 Å². The van der Waals surface area contributed by atoms with Crippen LogP contribution in [0.1, 0.15) is 51.9 Å². The van der Waals surface area contributed by atoms with Crippen LogP contribution in [0.3, 0.4) is 0 Å². The number of carboxylic acids is 1. The minimum Gasteiger partial charge on any atom is -0.481 e. The molecule has 0 saturated carbocycles. The highest BCUT2D eigenvalue weighted by molar-refractivity contribution is 5.66. The molecule has 27 heavy (non-hydrogen) atoms. The van der Waals surface area contributed by atoms with Gasteiger partial charge in [0.2, 0.25) is 0 Å². The predicted octanol–water partition coefficient (Wildman–Crippen LogP) is 3.69. The quantitative estimate of drug-likeness (QED) is 0.198. The van der Waals surface area contributed by atoms with Crippen molar-refractivity contribution in [2.45, 2.75) is 70.2 Å². The number of allylic oxidation sites excluding steroid dienone is 7. The molecule has 0 aromatic rings. The fourth-order valence-electron chi connectivity index (χ4n) is 2.20. The summed E-state index contributed by atoms with van der Waals surface area (Å²) in [6.45, 7) is 2.09. The zero-order chi connectivity index (χ0) is 20.3. The number of rotatable bonds is 15. The van der Waals surface area contributed by atoms with E-state index in [0.29, 0.717) is 25.7 Å². The van der Waals surface area contributed by atoms with Crippen LogP contribution in [-0.2, 0) is 4.79 Å². The van der Waals surface area contributed by atoms with Gasteiger partial charge in [0.1, 0.15) is 0 Å². The number of aliphatic carboxylic acids is 1. The van der Waals surface area contributed by atoms with Gasteiger partial charge in [-0.3, -0.25) is 4.79 Å². The van der Waals surface area contributed by atoms with E-state index in [1.54, 1.807) is 30.4 Å². The summed E-state index contributed by atoms with van der Waals surface area (Å²) in [5, 5.41) is 38.0. The molecule has 152 valence electrons. The predicted molar refractivity (Wildman–Crippen MR) is 109 cm³/mol. The minimum atomic E-state index is -0.985. The average Bonchev–Trinajstić information content (AvgIpc) is 2.63. The molecule has 0 saturated heterocycles. The van der Waals surface area contributed by atoms with Crippen LogP contribution in [0.4, 0.5) is 0 Å². The van der Waals surface area contributed by atoms with Gasteiger partial charge in [-0.05, 0) is 25.7 Å². The van der Waals surface area contributed by atoms with Gasteiger partial charge in [0.15, 0.2) is 0 Å². The fourth-order valence-corrected chi connectivity index (χ4v) is 2.20. The van der Waals surface area contributed by atoms with Crippen molar-refractivity contribution >= 4 is 5.97 Å². The van der Waals surface area contributed by atoms with E-state index in [-0.39, 0.29) is 6.42 Å². The number of carboxylic acid groups (broad SMARTS) is 1. The molecular weight excluding hydrogens is 344 g/mol. The number of carbonyl (C=O) groups is 1. The Morgan fingerprint density at radius 3 is 2.19 bits per heavy atom. The molecule has 0 heterocycles. The van der Waals surface area contributed by atoms with E-state index in [0.717, 1.165) is 12.8 Å². The standard InChI is InChI=1S/C22H34O5/c1-2-3-4-5-6-7-9-14-19(23)15-12-13-17-21(25)20(24)16-10-8-11-18-22(26)27/h3-4,6-7,9,12-15,17,19-21,23-25H,2,5,8,10-11,16,18H2,1H3,(H,26,27). The van der Waals surface area contributed by atoms with Gasteiger partial charge in [-0.15, -0.1) is 0 Å². The van der Waals surface area contributed by atoms with E-state index >= 15 is 0 Å². The van der Waals surface area contributed by atoms with Crippen LogP contribution in [0.15, 0.2) is 60.8 Å². The first-order chi connectivity index (χ1) is 13.0. The van der Waals surface area contributed by atoms with E-state index in [1.165, 1.54) is 6.08 Å². The van der Waals surface area contributed by atoms with Gasteiger partial charge in [0.05, 0.1) is 18.3 Å². The molecule has 0 amide bonds. The highest BCUT2D eigenvalue weighted by Crippen LogP contribution is 2.09. The topological polar surface area (TPSA) is 98.0 Å². The molecule has 0 spiro atoms. The fraction of sp³-hybridized carbons (Fsp3) is 0.500. The first-order valence-electron chi connectivity index (χ1n) is 9.56. The number of unbranched alkanes of at least 4 members (excludes halogenated alkanes) is 2. The molecule has 0 aliphatic heterocycles. The van der Waals surface area contributed by atoms with Crippen LogP contribution in [-0.4, -0.2) is 44.7 Å². The Balaban J connectivity index is 4.01. The maximum absolute atomic E-state index is 10.4. The second-order valence-corrected chi connectivity index (χ2v) is 6.24. The van der Waals surface area contributed by atoms with Crippen molar-refractivity contribution in [1.82, 2.24) is 0 Å².